The predicted molar refractivity (Wildman–Crippen MR) is 48.1 cm³/mol. The number of hydrogen-bond donors (Lipinski definition) is 1. The van der Waals surface area contributed by atoms with E-state index >= 15 is 0 Å². The number of nitrogens with two attached hydrogens (primary N) is 1. The Balaban J connectivity index is 2.18. The standard InChI is InChI=1S/C9H20N2/c1-2-3-6-9-7-4-5-8-11(9)10/h9H,2-8,10H2,1H3. The molecule has 0 amide bonds. The summed E-state index contributed by atoms with van der Waals surface area (Å²) in [4.78, 5) is 0. The van der Waals surface area contributed by atoms with Crippen molar-refractivity contribution in [1.29, 1.82) is 0 Å². The van der Waals surface area contributed by atoms with Crippen molar-refractivity contribution in [3.63, 3.8) is 0 Å². The molecule has 0 aliphatic carbocycles. The molecule has 0 bridgehead atoms. The van der Waals surface area contributed by atoms with Crippen LogP contribution in [-0.2, 0) is 0 Å². The van der Waals surface area contributed by atoms with Gasteiger partial charge < -0.3 is 0 Å². The lowest BCUT2D eigenvalue weighted by molar-refractivity contribution is 0.140. The first-order chi connectivity index (χ1) is 5.34. The third-order valence-corrected chi connectivity index (χ3v) is 2.56. The highest BCUT2D eigenvalue weighted by atomic mass is 15.4. The van der Waals surface area contributed by atoms with Crippen molar-refractivity contribution in [3.05, 3.63) is 0 Å². The van der Waals surface area contributed by atoms with Crippen molar-refractivity contribution in [2.45, 2.75) is 51.5 Å². The molecule has 1 aliphatic rings. The lowest BCUT2D eigenvalue weighted by atomic mass is 9.99. The normalized spacial score (nSPS) is 27.3. The number of unbranched alkanes of at least 4 members (excludes halogenated alkanes) is 1. The second-order valence-electron chi connectivity index (χ2n) is 3.53. The number of hydrazine groups is 1. The molecular formula is C9H20N2. The minimum atomic E-state index is 0.684. The molecule has 0 saturated carbocycles. The Kier molecular flexibility index (Phi) is 3.87. The molecule has 2 N–H and O–H groups in total. The van der Waals surface area contributed by atoms with Gasteiger partial charge in [0.1, 0.15) is 0 Å². The lowest BCUT2D eigenvalue weighted by Gasteiger charge is -2.31. The van der Waals surface area contributed by atoms with Gasteiger partial charge in [-0.15, -0.1) is 0 Å². The van der Waals surface area contributed by atoms with Crippen LogP contribution in [-0.4, -0.2) is 17.6 Å². The molecule has 11 heavy (non-hydrogen) atoms. The SMILES string of the molecule is CCCCC1CCCCN1N. The Labute approximate surface area is 69.7 Å². The first kappa shape index (κ1) is 9.01. The largest absolute Gasteiger partial charge is 0.269 e. The first-order valence-electron chi connectivity index (χ1n) is 4.86. The summed E-state index contributed by atoms with van der Waals surface area (Å²) in [5.41, 5.74) is 0. The molecule has 2 nitrogen and oxygen atoms in total. The van der Waals surface area contributed by atoms with Gasteiger partial charge in [-0.3, -0.25) is 5.84 Å². The van der Waals surface area contributed by atoms with Gasteiger partial charge in [0.05, 0.1) is 0 Å². The Morgan fingerprint density at radius 3 is 2.91 bits per heavy atom. The van der Waals surface area contributed by atoms with Gasteiger partial charge in [-0.05, 0) is 19.3 Å². The molecule has 0 spiro atoms. The number of rotatable bonds is 3. The zero-order valence-corrected chi connectivity index (χ0v) is 7.55. The quantitative estimate of drug-likeness (QED) is 0.632. The van der Waals surface area contributed by atoms with Crippen LogP contribution in [0.5, 0.6) is 0 Å². The first-order valence-corrected chi connectivity index (χ1v) is 4.86. The molecule has 1 saturated heterocycles. The van der Waals surface area contributed by atoms with Gasteiger partial charge in [-0.2, -0.15) is 0 Å². The number of piperidine rings is 1. The minimum absolute atomic E-state index is 0.684. The minimum Gasteiger partial charge on any atom is -0.269 e. The molecule has 0 radical (unpaired) electrons. The van der Waals surface area contributed by atoms with Gasteiger partial charge in [-0.1, -0.05) is 26.2 Å². The maximum absolute atomic E-state index is 5.85. The molecule has 1 rings (SSSR count). The van der Waals surface area contributed by atoms with E-state index in [0.717, 1.165) is 6.54 Å². The smallest absolute Gasteiger partial charge is 0.0241 e. The highest BCUT2D eigenvalue weighted by Crippen LogP contribution is 2.17. The van der Waals surface area contributed by atoms with Gasteiger partial charge in [0, 0.05) is 12.6 Å². The summed E-state index contributed by atoms with van der Waals surface area (Å²) < 4.78 is 0. The van der Waals surface area contributed by atoms with Crippen molar-refractivity contribution in [2.24, 2.45) is 5.84 Å². The topological polar surface area (TPSA) is 29.3 Å². The van der Waals surface area contributed by atoms with Crippen molar-refractivity contribution >= 4 is 0 Å². The molecular weight excluding hydrogens is 136 g/mol. The van der Waals surface area contributed by atoms with Crippen LogP contribution in [0.4, 0.5) is 0 Å². The number of hydrogen-bond acceptors (Lipinski definition) is 2. The van der Waals surface area contributed by atoms with Gasteiger partial charge in [0.15, 0.2) is 0 Å². The molecule has 1 atom stereocenters. The van der Waals surface area contributed by atoms with E-state index in [-0.39, 0.29) is 0 Å². The van der Waals surface area contributed by atoms with Gasteiger partial charge in [0.25, 0.3) is 0 Å². The van der Waals surface area contributed by atoms with Crippen molar-refractivity contribution in [2.75, 3.05) is 6.54 Å². The fourth-order valence-electron chi connectivity index (χ4n) is 1.77. The van der Waals surface area contributed by atoms with Crippen LogP contribution in [0.2, 0.25) is 0 Å². The van der Waals surface area contributed by atoms with Crippen LogP contribution in [0.3, 0.4) is 0 Å². The van der Waals surface area contributed by atoms with E-state index in [1.165, 1.54) is 38.5 Å². The molecule has 1 aliphatic heterocycles. The average Bonchev–Trinajstić information content (AvgIpc) is 2.03. The van der Waals surface area contributed by atoms with E-state index in [1.54, 1.807) is 0 Å². The van der Waals surface area contributed by atoms with Gasteiger partial charge >= 0.3 is 0 Å². The highest BCUT2D eigenvalue weighted by molar-refractivity contribution is 4.72. The Morgan fingerprint density at radius 1 is 1.45 bits per heavy atom. The highest BCUT2D eigenvalue weighted by Gasteiger charge is 2.17. The Morgan fingerprint density at radius 2 is 2.27 bits per heavy atom. The van der Waals surface area contributed by atoms with Crippen LogP contribution in [0, 0.1) is 0 Å². The summed E-state index contributed by atoms with van der Waals surface area (Å²) in [5.74, 6) is 5.85. The third-order valence-electron chi connectivity index (χ3n) is 2.56. The van der Waals surface area contributed by atoms with Crippen molar-refractivity contribution < 1.29 is 0 Å². The maximum atomic E-state index is 5.85. The fourth-order valence-corrected chi connectivity index (χ4v) is 1.77. The maximum Gasteiger partial charge on any atom is 0.0241 e. The van der Waals surface area contributed by atoms with Crippen LogP contribution in [0.15, 0.2) is 0 Å². The average molecular weight is 156 g/mol. The van der Waals surface area contributed by atoms with Crippen molar-refractivity contribution in [1.82, 2.24) is 5.01 Å². The summed E-state index contributed by atoms with van der Waals surface area (Å²) in [7, 11) is 0. The summed E-state index contributed by atoms with van der Waals surface area (Å²) in [6.45, 7) is 3.35. The molecule has 0 aromatic carbocycles. The molecule has 2 heteroatoms. The second kappa shape index (κ2) is 4.73. The molecule has 0 aromatic rings. The molecule has 66 valence electrons. The zero-order valence-electron chi connectivity index (χ0n) is 7.55. The van der Waals surface area contributed by atoms with Gasteiger partial charge in [0.2, 0.25) is 0 Å². The summed E-state index contributed by atoms with van der Waals surface area (Å²) in [6, 6.07) is 0.684. The van der Waals surface area contributed by atoms with Crippen molar-refractivity contribution in [3.8, 4) is 0 Å². The predicted octanol–water partition coefficient (Wildman–Crippen LogP) is 1.90. The van der Waals surface area contributed by atoms with E-state index < -0.39 is 0 Å². The van der Waals surface area contributed by atoms with Crippen LogP contribution < -0.4 is 5.84 Å². The van der Waals surface area contributed by atoms with Gasteiger partial charge in [-0.25, -0.2) is 5.01 Å². The summed E-state index contributed by atoms with van der Waals surface area (Å²) in [5, 5.41) is 2.04. The van der Waals surface area contributed by atoms with E-state index in [0.29, 0.717) is 6.04 Å². The van der Waals surface area contributed by atoms with E-state index in [2.05, 4.69) is 6.92 Å². The van der Waals surface area contributed by atoms with Crippen LogP contribution >= 0.6 is 0 Å². The molecule has 0 aromatic heterocycles. The third kappa shape index (κ3) is 2.80. The molecule has 1 unspecified atom stereocenters. The van der Waals surface area contributed by atoms with E-state index in [4.69, 9.17) is 5.84 Å². The Hall–Kier alpha value is -0.0800. The van der Waals surface area contributed by atoms with E-state index in [1.807, 2.05) is 5.01 Å². The van der Waals surface area contributed by atoms with E-state index in [9.17, 15) is 0 Å². The fraction of sp³-hybridized carbons (Fsp3) is 1.00. The lowest BCUT2D eigenvalue weighted by Crippen LogP contribution is -2.44. The Bertz CT molecular complexity index is 104. The summed E-state index contributed by atoms with van der Waals surface area (Å²) >= 11 is 0. The second-order valence-corrected chi connectivity index (χ2v) is 3.53. The summed E-state index contributed by atoms with van der Waals surface area (Å²) in [6.07, 6.45) is 7.91. The van der Waals surface area contributed by atoms with Crippen LogP contribution in [0.25, 0.3) is 0 Å². The molecule has 1 heterocycles. The zero-order chi connectivity index (χ0) is 8.10. The molecule has 1 fully saturated rings. The monoisotopic (exact) mass is 156 g/mol. The number of nitrogens with zero attached hydrogens (tertiary/aromatic N) is 1. The van der Waals surface area contributed by atoms with Crippen LogP contribution in [0.1, 0.15) is 45.4 Å².